The fourth-order valence-electron chi connectivity index (χ4n) is 5.85. The van der Waals surface area contributed by atoms with Gasteiger partial charge in [0.05, 0.1) is 12.3 Å². The van der Waals surface area contributed by atoms with E-state index in [1.807, 2.05) is 65.6 Å². The van der Waals surface area contributed by atoms with Gasteiger partial charge in [-0.2, -0.15) is 0 Å². The number of aliphatic carboxylic acids is 1. The highest BCUT2D eigenvalue weighted by Crippen LogP contribution is 2.50. The molecule has 6 nitrogen and oxygen atoms in total. The lowest BCUT2D eigenvalue weighted by atomic mass is 9.86. The van der Waals surface area contributed by atoms with Crippen LogP contribution in [0.2, 0.25) is 5.02 Å². The minimum absolute atomic E-state index is 0.00932. The zero-order valence-electron chi connectivity index (χ0n) is 23.2. The molecule has 0 aliphatic carbocycles. The molecule has 1 N–H and O–H groups in total. The minimum Gasteiger partial charge on any atom is -0.481 e. The Hall–Kier alpha value is -3.03. The number of likely N-dealkylation sites (tertiary alicyclic amines) is 1. The maximum Gasteiger partial charge on any atom is 0.306 e. The Balaban J connectivity index is 1.64. The van der Waals surface area contributed by atoms with Crippen LogP contribution in [0.3, 0.4) is 0 Å². The fourth-order valence-corrected chi connectivity index (χ4v) is 7.47. The number of thioether (sulfide) groups is 1. The van der Waals surface area contributed by atoms with Crippen LogP contribution in [0.15, 0.2) is 60.7 Å². The van der Waals surface area contributed by atoms with Crippen molar-refractivity contribution in [2.45, 2.75) is 50.5 Å². The Morgan fingerprint density at radius 3 is 2.45 bits per heavy atom. The molecule has 0 aromatic heterocycles. The van der Waals surface area contributed by atoms with Gasteiger partial charge in [-0.05, 0) is 58.4 Å². The summed E-state index contributed by atoms with van der Waals surface area (Å²) in [7, 11) is 0. The van der Waals surface area contributed by atoms with Crippen LogP contribution in [0.25, 0.3) is 10.8 Å². The summed E-state index contributed by atoms with van der Waals surface area (Å²) in [5.41, 5.74) is 2.42. The van der Waals surface area contributed by atoms with Gasteiger partial charge in [0.1, 0.15) is 4.75 Å². The topological polar surface area (TPSA) is 77.9 Å². The molecule has 0 radical (unpaired) electrons. The van der Waals surface area contributed by atoms with Crippen LogP contribution in [-0.2, 0) is 24.9 Å². The van der Waals surface area contributed by atoms with Crippen molar-refractivity contribution in [3.63, 3.8) is 0 Å². The summed E-state index contributed by atoms with van der Waals surface area (Å²) in [5.74, 6) is -0.981. The smallest absolute Gasteiger partial charge is 0.306 e. The second kappa shape index (κ2) is 11.1. The molecule has 210 valence electrons. The molecule has 1 saturated heterocycles. The molecule has 2 heterocycles. The normalized spacial score (nSPS) is 20.4. The zero-order chi connectivity index (χ0) is 28.7. The number of hydrogen-bond acceptors (Lipinski definition) is 4. The highest BCUT2D eigenvalue weighted by Gasteiger charge is 2.50. The van der Waals surface area contributed by atoms with E-state index < -0.39 is 16.6 Å². The maximum atomic E-state index is 15.0. The molecule has 1 unspecified atom stereocenters. The van der Waals surface area contributed by atoms with Gasteiger partial charge in [0.25, 0.3) is 0 Å². The van der Waals surface area contributed by atoms with Crippen LogP contribution in [0.1, 0.15) is 51.2 Å². The van der Waals surface area contributed by atoms with Crippen molar-refractivity contribution < 1.29 is 19.5 Å². The third-order valence-electron chi connectivity index (χ3n) is 7.85. The molecule has 40 heavy (non-hydrogen) atoms. The Kier molecular flexibility index (Phi) is 7.90. The SMILES string of the molecule is CC(C)(C)CN1C(=O)C(CC(=O)N2CCC(C(=O)O)CC2)(c2cccc3ccccc23)SCc2cc(Cl)ccc21. The first-order valence-electron chi connectivity index (χ1n) is 13.7. The van der Waals surface area contributed by atoms with Crippen molar-refractivity contribution in [1.82, 2.24) is 4.90 Å². The van der Waals surface area contributed by atoms with Gasteiger partial charge < -0.3 is 14.9 Å². The number of benzene rings is 3. The third kappa shape index (κ3) is 5.59. The molecular formula is C32H35ClN2O4S. The van der Waals surface area contributed by atoms with Crippen molar-refractivity contribution in [2.75, 3.05) is 24.5 Å². The van der Waals surface area contributed by atoms with Gasteiger partial charge in [-0.15, -0.1) is 11.8 Å². The van der Waals surface area contributed by atoms with Gasteiger partial charge in [0.2, 0.25) is 11.8 Å². The molecule has 5 rings (SSSR count). The van der Waals surface area contributed by atoms with Crippen LogP contribution in [0, 0.1) is 11.3 Å². The molecule has 2 aliphatic heterocycles. The molecule has 0 spiro atoms. The zero-order valence-corrected chi connectivity index (χ0v) is 24.7. The van der Waals surface area contributed by atoms with Gasteiger partial charge in [-0.3, -0.25) is 14.4 Å². The van der Waals surface area contributed by atoms with Crippen molar-refractivity contribution in [3.8, 4) is 0 Å². The Bertz CT molecular complexity index is 1460. The average Bonchev–Trinajstić information content (AvgIpc) is 3.02. The number of carboxylic acid groups (broad SMARTS) is 1. The van der Waals surface area contributed by atoms with Crippen molar-refractivity contribution in [2.24, 2.45) is 11.3 Å². The molecule has 1 fully saturated rings. The monoisotopic (exact) mass is 578 g/mol. The number of carbonyl (C=O) groups is 3. The van der Waals surface area contributed by atoms with Crippen LogP contribution >= 0.6 is 23.4 Å². The van der Waals surface area contributed by atoms with E-state index in [2.05, 4.69) is 20.8 Å². The van der Waals surface area contributed by atoms with E-state index in [1.165, 1.54) is 11.8 Å². The molecule has 3 aromatic rings. The van der Waals surface area contributed by atoms with E-state index in [0.29, 0.717) is 43.3 Å². The van der Waals surface area contributed by atoms with Gasteiger partial charge in [-0.1, -0.05) is 74.8 Å². The van der Waals surface area contributed by atoms with Crippen molar-refractivity contribution in [1.29, 1.82) is 0 Å². The Morgan fingerprint density at radius 2 is 1.75 bits per heavy atom. The molecule has 1 atom stereocenters. The lowest BCUT2D eigenvalue weighted by Gasteiger charge is -2.39. The molecule has 2 amide bonds. The number of amides is 2. The van der Waals surface area contributed by atoms with E-state index in [1.54, 1.807) is 4.90 Å². The second-order valence-electron chi connectivity index (χ2n) is 12.0. The van der Waals surface area contributed by atoms with E-state index in [9.17, 15) is 14.7 Å². The molecule has 2 aliphatic rings. The summed E-state index contributed by atoms with van der Waals surface area (Å²) in [6.07, 6.45) is 0.831. The second-order valence-corrected chi connectivity index (χ2v) is 13.7. The summed E-state index contributed by atoms with van der Waals surface area (Å²) < 4.78 is -1.18. The largest absolute Gasteiger partial charge is 0.481 e. The summed E-state index contributed by atoms with van der Waals surface area (Å²) in [4.78, 5) is 44.1. The number of rotatable bonds is 5. The fraction of sp³-hybridized carbons (Fsp3) is 0.406. The predicted molar refractivity (Wildman–Crippen MR) is 162 cm³/mol. The Labute approximate surface area is 244 Å². The average molecular weight is 579 g/mol. The number of piperidine rings is 1. The number of halogens is 1. The highest BCUT2D eigenvalue weighted by molar-refractivity contribution is 8.00. The number of anilines is 1. The molecule has 8 heteroatoms. The van der Waals surface area contributed by atoms with Gasteiger partial charge in [0.15, 0.2) is 0 Å². The first-order valence-corrected chi connectivity index (χ1v) is 15.1. The minimum atomic E-state index is -1.18. The number of nitrogens with zero attached hydrogens (tertiary/aromatic N) is 2. The first kappa shape index (κ1) is 28.5. The molecule has 0 bridgehead atoms. The molecule has 3 aromatic carbocycles. The van der Waals surface area contributed by atoms with Crippen LogP contribution in [0.5, 0.6) is 0 Å². The maximum absolute atomic E-state index is 15.0. The van der Waals surface area contributed by atoms with E-state index in [0.717, 1.165) is 27.6 Å². The van der Waals surface area contributed by atoms with Crippen LogP contribution in [-0.4, -0.2) is 47.4 Å². The number of carbonyl (C=O) groups excluding carboxylic acids is 2. The van der Waals surface area contributed by atoms with E-state index >= 15 is 4.79 Å². The quantitative estimate of drug-likeness (QED) is 0.363. The highest BCUT2D eigenvalue weighted by atomic mass is 35.5. The predicted octanol–water partition coefficient (Wildman–Crippen LogP) is 6.73. The number of carboxylic acids is 1. The standard InChI is InChI=1S/C32H35ClN2O4S/c1-31(2,3)20-35-27-12-11-24(33)17-23(27)19-40-32(30(35)39,26-10-6-8-21-7-4-5-9-25(21)26)18-28(36)34-15-13-22(14-16-34)29(37)38/h4-12,17,22H,13-16,18-20H2,1-3H3,(H,37,38). The van der Waals surface area contributed by atoms with Gasteiger partial charge in [-0.25, -0.2) is 0 Å². The lowest BCUT2D eigenvalue weighted by molar-refractivity contribution is -0.146. The summed E-state index contributed by atoms with van der Waals surface area (Å²) in [6.45, 7) is 7.54. The number of fused-ring (bicyclic) bond motifs is 2. The number of hydrogen-bond donors (Lipinski definition) is 1. The van der Waals surface area contributed by atoms with Gasteiger partial charge >= 0.3 is 5.97 Å². The van der Waals surface area contributed by atoms with Crippen molar-refractivity contribution in [3.05, 3.63) is 76.8 Å². The summed E-state index contributed by atoms with van der Waals surface area (Å²) in [6, 6.07) is 19.6. The summed E-state index contributed by atoms with van der Waals surface area (Å²) >= 11 is 7.91. The van der Waals surface area contributed by atoms with Crippen molar-refractivity contribution >= 4 is 57.6 Å². The van der Waals surface area contributed by atoms with E-state index in [4.69, 9.17) is 11.6 Å². The molecule has 0 saturated carbocycles. The lowest BCUT2D eigenvalue weighted by Crippen LogP contribution is -2.50. The van der Waals surface area contributed by atoms with E-state index in [-0.39, 0.29) is 23.7 Å². The van der Waals surface area contributed by atoms with Gasteiger partial charge in [0, 0.05) is 36.1 Å². The van der Waals surface area contributed by atoms with Crippen LogP contribution in [0.4, 0.5) is 5.69 Å². The molecular weight excluding hydrogens is 544 g/mol. The van der Waals surface area contributed by atoms with Crippen LogP contribution < -0.4 is 4.90 Å². The third-order valence-corrected chi connectivity index (χ3v) is 9.57. The first-order chi connectivity index (χ1) is 19.0. The Morgan fingerprint density at radius 1 is 1.05 bits per heavy atom. The summed E-state index contributed by atoms with van der Waals surface area (Å²) in [5, 5.41) is 12.0.